The quantitative estimate of drug-likeness (QED) is 0.802. The molecule has 0 N–H and O–H groups in total. The van der Waals surface area contributed by atoms with Crippen LogP contribution in [0.5, 0.6) is 0 Å². The Morgan fingerprint density at radius 1 is 1.11 bits per heavy atom. The number of piperidine rings is 2. The smallest absolute Gasteiger partial charge is 0.341 e. The van der Waals surface area contributed by atoms with E-state index in [1.807, 2.05) is 33.7 Å². The van der Waals surface area contributed by atoms with Crippen molar-refractivity contribution in [3.63, 3.8) is 0 Å². The molecule has 0 spiro atoms. The van der Waals surface area contributed by atoms with Crippen LogP contribution in [-0.4, -0.2) is 69.2 Å². The molecule has 28 heavy (non-hydrogen) atoms. The van der Waals surface area contributed by atoms with Crippen molar-refractivity contribution in [1.82, 2.24) is 24.4 Å². The van der Waals surface area contributed by atoms with Crippen molar-refractivity contribution in [2.45, 2.75) is 37.8 Å². The van der Waals surface area contributed by atoms with Gasteiger partial charge in [0.15, 0.2) is 5.65 Å². The van der Waals surface area contributed by atoms with Gasteiger partial charge in [0.25, 0.3) is 0 Å². The van der Waals surface area contributed by atoms with E-state index in [0.717, 1.165) is 37.4 Å². The van der Waals surface area contributed by atoms with E-state index < -0.39 is 12.1 Å². The maximum absolute atomic E-state index is 13.0. The van der Waals surface area contributed by atoms with Gasteiger partial charge in [-0.3, -0.25) is 14.1 Å². The Labute approximate surface area is 161 Å². The molecule has 2 aliphatic heterocycles. The number of likely N-dealkylation sites (tertiary alicyclic amines) is 2. The van der Waals surface area contributed by atoms with Crippen LogP contribution in [0.2, 0.25) is 0 Å². The molecule has 0 aliphatic carbocycles. The number of carbonyl (C=O) groups excluding carboxylic acids is 1. The van der Waals surface area contributed by atoms with Crippen molar-refractivity contribution in [3.8, 4) is 0 Å². The SMILES string of the molecule is O=C(CN1CCC(c2nnc3ccccn23)CC1)N1CCCC(C(F)(F)F)C1. The van der Waals surface area contributed by atoms with E-state index in [0.29, 0.717) is 13.0 Å². The van der Waals surface area contributed by atoms with Crippen LogP contribution in [0.15, 0.2) is 24.4 Å². The minimum Gasteiger partial charge on any atom is -0.341 e. The molecule has 0 radical (unpaired) electrons. The number of fused-ring (bicyclic) bond motifs is 1. The molecular weight excluding hydrogens is 371 g/mol. The summed E-state index contributed by atoms with van der Waals surface area (Å²) >= 11 is 0. The first-order valence-corrected chi connectivity index (χ1v) is 9.78. The fourth-order valence-corrected chi connectivity index (χ4v) is 4.25. The molecule has 2 aliphatic rings. The van der Waals surface area contributed by atoms with Crippen LogP contribution in [0, 0.1) is 5.92 Å². The van der Waals surface area contributed by atoms with Crippen molar-refractivity contribution in [2.24, 2.45) is 5.92 Å². The van der Waals surface area contributed by atoms with Crippen LogP contribution in [0.4, 0.5) is 13.2 Å². The maximum Gasteiger partial charge on any atom is 0.393 e. The lowest BCUT2D eigenvalue weighted by Gasteiger charge is -2.36. The molecule has 0 bridgehead atoms. The van der Waals surface area contributed by atoms with Gasteiger partial charge in [0.2, 0.25) is 5.91 Å². The number of amides is 1. The third-order valence-electron chi connectivity index (χ3n) is 5.89. The minimum absolute atomic E-state index is 0.116. The Bertz CT molecular complexity index is 828. The van der Waals surface area contributed by atoms with E-state index in [2.05, 4.69) is 10.2 Å². The highest BCUT2D eigenvalue weighted by molar-refractivity contribution is 5.78. The normalized spacial score (nSPS) is 22.7. The molecular formula is C19H24F3N5O. The second kappa shape index (κ2) is 7.69. The van der Waals surface area contributed by atoms with Crippen molar-refractivity contribution in [3.05, 3.63) is 30.2 Å². The van der Waals surface area contributed by atoms with Crippen molar-refractivity contribution >= 4 is 11.6 Å². The zero-order chi connectivity index (χ0) is 19.7. The van der Waals surface area contributed by atoms with Crippen molar-refractivity contribution in [2.75, 3.05) is 32.7 Å². The van der Waals surface area contributed by atoms with Gasteiger partial charge in [-0.2, -0.15) is 13.2 Å². The first-order chi connectivity index (χ1) is 13.4. The number of carbonyl (C=O) groups is 1. The average Bonchev–Trinajstić information content (AvgIpc) is 3.12. The Hall–Kier alpha value is -2.16. The van der Waals surface area contributed by atoms with E-state index in [9.17, 15) is 18.0 Å². The van der Waals surface area contributed by atoms with E-state index >= 15 is 0 Å². The number of rotatable bonds is 3. The van der Waals surface area contributed by atoms with E-state index in [1.54, 1.807) is 0 Å². The lowest BCUT2D eigenvalue weighted by atomic mass is 9.95. The van der Waals surface area contributed by atoms with Crippen molar-refractivity contribution < 1.29 is 18.0 Å². The van der Waals surface area contributed by atoms with Gasteiger partial charge in [-0.05, 0) is 50.9 Å². The summed E-state index contributed by atoms with van der Waals surface area (Å²) in [5, 5.41) is 8.52. The van der Waals surface area contributed by atoms with Gasteiger partial charge >= 0.3 is 6.18 Å². The second-order valence-corrected chi connectivity index (χ2v) is 7.76. The Morgan fingerprint density at radius 3 is 2.64 bits per heavy atom. The van der Waals surface area contributed by atoms with Gasteiger partial charge in [0.1, 0.15) is 5.82 Å². The highest BCUT2D eigenvalue weighted by Gasteiger charge is 2.42. The molecule has 6 nitrogen and oxygen atoms in total. The van der Waals surface area contributed by atoms with Crippen LogP contribution in [-0.2, 0) is 4.79 Å². The fourth-order valence-electron chi connectivity index (χ4n) is 4.25. The molecule has 0 aromatic carbocycles. The lowest BCUT2D eigenvalue weighted by Crippen LogP contribution is -2.49. The number of halogens is 3. The zero-order valence-electron chi connectivity index (χ0n) is 15.6. The average molecular weight is 395 g/mol. The van der Waals surface area contributed by atoms with Gasteiger partial charge in [-0.1, -0.05) is 6.07 Å². The number of alkyl halides is 3. The summed E-state index contributed by atoms with van der Waals surface area (Å²) in [5.74, 6) is -0.378. The van der Waals surface area contributed by atoms with E-state index in [1.165, 1.54) is 4.90 Å². The fraction of sp³-hybridized carbons (Fsp3) is 0.632. The van der Waals surface area contributed by atoms with Crippen LogP contribution in [0.25, 0.3) is 5.65 Å². The summed E-state index contributed by atoms with van der Waals surface area (Å²) in [7, 11) is 0. The first kappa shape index (κ1) is 19.2. The van der Waals surface area contributed by atoms with Crippen molar-refractivity contribution in [1.29, 1.82) is 0 Å². The first-order valence-electron chi connectivity index (χ1n) is 9.78. The third kappa shape index (κ3) is 3.99. The molecule has 1 amide bonds. The molecule has 4 heterocycles. The van der Waals surface area contributed by atoms with Crippen LogP contribution in [0.1, 0.15) is 37.4 Å². The zero-order valence-corrected chi connectivity index (χ0v) is 15.6. The summed E-state index contributed by atoms with van der Waals surface area (Å²) in [5.41, 5.74) is 0.819. The predicted octanol–water partition coefficient (Wildman–Crippen LogP) is 2.71. The van der Waals surface area contributed by atoms with Gasteiger partial charge < -0.3 is 4.90 Å². The summed E-state index contributed by atoms with van der Waals surface area (Å²) in [6.45, 7) is 1.87. The van der Waals surface area contributed by atoms with Crippen LogP contribution < -0.4 is 0 Å². The number of aromatic nitrogens is 3. The molecule has 2 aromatic rings. The highest BCUT2D eigenvalue weighted by atomic mass is 19.4. The Morgan fingerprint density at radius 2 is 1.89 bits per heavy atom. The summed E-state index contributed by atoms with van der Waals surface area (Å²) in [4.78, 5) is 15.9. The maximum atomic E-state index is 13.0. The van der Waals surface area contributed by atoms with Crippen LogP contribution in [0.3, 0.4) is 0 Å². The van der Waals surface area contributed by atoms with Gasteiger partial charge in [0.05, 0.1) is 12.5 Å². The van der Waals surface area contributed by atoms with Gasteiger partial charge in [0, 0.05) is 25.2 Å². The highest BCUT2D eigenvalue weighted by Crippen LogP contribution is 2.33. The number of hydrogen-bond acceptors (Lipinski definition) is 4. The molecule has 0 saturated carbocycles. The minimum atomic E-state index is -4.22. The molecule has 2 saturated heterocycles. The standard InChI is InChI=1S/C19H24F3N5O/c20-19(21,22)15-4-3-8-26(12-15)17(28)13-25-10-6-14(7-11-25)18-24-23-16-5-1-2-9-27(16)18/h1-2,5,9,14-15H,3-4,6-8,10-13H2. The Kier molecular flexibility index (Phi) is 5.27. The molecule has 4 rings (SSSR count). The summed E-state index contributed by atoms with van der Waals surface area (Å²) in [6.07, 6.45) is -0.0302. The van der Waals surface area contributed by atoms with Crippen LogP contribution >= 0.6 is 0 Å². The predicted molar refractivity (Wildman–Crippen MR) is 96.8 cm³/mol. The van der Waals surface area contributed by atoms with E-state index in [4.69, 9.17) is 0 Å². The molecule has 2 aromatic heterocycles. The third-order valence-corrected chi connectivity index (χ3v) is 5.89. The summed E-state index contributed by atoms with van der Waals surface area (Å²) < 4.78 is 40.9. The number of pyridine rings is 1. The number of hydrogen-bond donors (Lipinski definition) is 0. The molecule has 9 heteroatoms. The number of nitrogens with zero attached hydrogens (tertiary/aromatic N) is 5. The molecule has 2 fully saturated rings. The second-order valence-electron chi connectivity index (χ2n) is 7.76. The monoisotopic (exact) mass is 395 g/mol. The molecule has 1 atom stereocenters. The Balaban J connectivity index is 1.31. The summed E-state index contributed by atoms with van der Waals surface area (Å²) in [6, 6.07) is 5.78. The van der Waals surface area contributed by atoms with Gasteiger partial charge in [-0.15, -0.1) is 10.2 Å². The topological polar surface area (TPSA) is 53.7 Å². The molecule has 1 unspecified atom stereocenters. The van der Waals surface area contributed by atoms with Gasteiger partial charge in [-0.25, -0.2) is 0 Å². The lowest BCUT2D eigenvalue weighted by molar-refractivity contribution is -0.188. The van der Waals surface area contributed by atoms with E-state index in [-0.39, 0.29) is 31.3 Å². The molecule has 152 valence electrons. The largest absolute Gasteiger partial charge is 0.393 e.